The van der Waals surface area contributed by atoms with Crippen LogP contribution in [0.4, 0.5) is 3.89 Å². The average molecular weight is 194 g/mol. The van der Waals surface area contributed by atoms with Crippen LogP contribution in [0.1, 0.15) is 12.5 Å². The largest absolute Gasteiger partial charge is 0.160 e. The molecule has 0 N–H and O–H groups in total. The molecule has 0 bridgehead atoms. The van der Waals surface area contributed by atoms with Gasteiger partial charge in [0.2, 0.25) is 0 Å². The molecule has 2 heteroatoms. The lowest BCUT2D eigenvalue weighted by molar-refractivity contribution is 0.947. The van der Waals surface area contributed by atoms with Crippen molar-refractivity contribution in [3.05, 3.63) is 53.5 Å². The van der Waals surface area contributed by atoms with Crippen molar-refractivity contribution in [1.29, 1.82) is 0 Å². The summed E-state index contributed by atoms with van der Waals surface area (Å²) >= 11 is 0.231. The summed E-state index contributed by atoms with van der Waals surface area (Å²) in [5.74, 6) is 0. The topological polar surface area (TPSA) is 0 Å². The Bertz CT molecular complexity index is 301. The van der Waals surface area contributed by atoms with Crippen LogP contribution in [-0.4, -0.2) is 0 Å². The second kappa shape index (κ2) is 5.60. The molecule has 13 heavy (non-hydrogen) atoms. The van der Waals surface area contributed by atoms with Gasteiger partial charge in [-0.15, -0.1) is 0 Å². The summed E-state index contributed by atoms with van der Waals surface area (Å²) in [5, 5.41) is 1.50. The predicted octanol–water partition coefficient (Wildman–Crippen LogP) is 4.22. The molecule has 0 fully saturated rings. The van der Waals surface area contributed by atoms with Crippen LogP contribution in [0.3, 0.4) is 0 Å². The van der Waals surface area contributed by atoms with E-state index in [-0.39, 0.29) is 12.1 Å². The van der Waals surface area contributed by atoms with E-state index < -0.39 is 0 Å². The van der Waals surface area contributed by atoms with E-state index in [0.717, 1.165) is 11.1 Å². The molecule has 0 nitrogen and oxygen atoms in total. The van der Waals surface area contributed by atoms with Crippen LogP contribution < -0.4 is 0 Å². The molecule has 0 radical (unpaired) electrons. The lowest BCUT2D eigenvalue weighted by Crippen LogP contribution is -1.77. The highest BCUT2D eigenvalue weighted by atomic mass is 32.2. The summed E-state index contributed by atoms with van der Waals surface area (Å²) in [4.78, 5) is 0. The maximum absolute atomic E-state index is 12.1. The zero-order chi connectivity index (χ0) is 9.52. The summed E-state index contributed by atoms with van der Waals surface area (Å²) in [5.41, 5.74) is 1.93. The van der Waals surface area contributed by atoms with Gasteiger partial charge in [-0.2, -0.15) is 3.89 Å². The molecule has 1 aromatic rings. The Kier molecular flexibility index (Phi) is 4.33. The van der Waals surface area contributed by atoms with E-state index in [1.807, 2.05) is 49.4 Å². The van der Waals surface area contributed by atoms with E-state index in [9.17, 15) is 3.89 Å². The van der Waals surface area contributed by atoms with Crippen molar-refractivity contribution >= 4 is 17.7 Å². The monoisotopic (exact) mass is 194 g/mol. The van der Waals surface area contributed by atoms with E-state index in [4.69, 9.17) is 0 Å². The molecule has 1 aromatic carbocycles. The van der Waals surface area contributed by atoms with Gasteiger partial charge in [0.15, 0.2) is 0 Å². The standard InChI is InChI=1S/C11H11FS/c1-2-6-11(9-13-12)10-7-4-3-5-8-10/h2-9H,1H3/b6-2-,11-9+. The quantitative estimate of drug-likeness (QED) is 0.649. The number of allylic oxidation sites excluding steroid dienone is 3. The summed E-state index contributed by atoms with van der Waals surface area (Å²) in [6.45, 7) is 1.92. The van der Waals surface area contributed by atoms with Gasteiger partial charge in [-0.3, -0.25) is 0 Å². The molecular formula is C11H11FS. The molecule has 68 valence electrons. The fourth-order valence-electron chi connectivity index (χ4n) is 1.06. The molecule has 0 aromatic heterocycles. The van der Waals surface area contributed by atoms with Gasteiger partial charge in [-0.1, -0.05) is 42.5 Å². The van der Waals surface area contributed by atoms with Crippen LogP contribution in [0.2, 0.25) is 0 Å². The van der Waals surface area contributed by atoms with E-state index >= 15 is 0 Å². The maximum atomic E-state index is 12.1. The smallest absolute Gasteiger partial charge is 0.0738 e. The molecule has 0 unspecified atom stereocenters. The maximum Gasteiger partial charge on any atom is 0.0738 e. The highest BCUT2D eigenvalue weighted by Gasteiger charge is 1.95. The normalized spacial score (nSPS) is 12.3. The Hall–Kier alpha value is -1.02. The van der Waals surface area contributed by atoms with E-state index in [2.05, 4.69) is 0 Å². The molecule has 0 saturated carbocycles. The van der Waals surface area contributed by atoms with Crippen LogP contribution in [0.5, 0.6) is 0 Å². The zero-order valence-corrected chi connectivity index (χ0v) is 8.22. The Morgan fingerprint density at radius 3 is 2.54 bits per heavy atom. The van der Waals surface area contributed by atoms with Crippen LogP contribution in [0, 0.1) is 0 Å². The molecule has 0 amide bonds. The molecule has 0 spiro atoms. The van der Waals surface area contributed by atoms with Gasteiger partial charge in [0, 0.05) is 5.41 Å². The van der Waals surface area contributed by atoms with E-state index in [0.29, 0.717) is 0 Å². The molecular weight excluding hydrogens is 183 g/mol. The Labute approximate surface area is 82.5 Å². The van der Waals surface area contributed by atoms with Crippen molar-refractivity contribution in [2.24, 2.45) is 0 Å². The third kappa shape index (κ3) is 3.07. The lowest BCUT2D eigenvalue weighted by Gasteiger charge is -1.99. The Balaban J connectivity index is 2.96. The molecule has 1 rings (SSSR count). The summed E-state index contributed by atoms with van der Waals surface area (Å²) in [6.07, 6.45) is 3.79. The Morgan fingerprint density at radius 1 is 1.31 bits per heavy atom. The van der Waals surface area contributed by atoms with Gasteiger partial charge >= 0.3 is 0 Å². The fourth-order valence-corrected chi connectivity index (χ4v) is 1.37. The fraction of sp³-hybridized carbons (Fsp3) is 0.0909. The third-order valence-corrected chi connectivity index (χ3v) is 1.97. The first-order valence-corrected chi connectivity index (χ1v) is 4.82. The number of benzene rings is 1. The van der Waals surface area contributed by atoms with Crippen LogP contribution in [0.15, 0.2) is 47.9 Å². The molecule has 0 aliphatic heterocycles. The van der Waals surface area contributed by atoms with Gasteiger partial charge in [-0.25, -0.2) is 0 Å². The molecule has 0 aliphatic rings. The second-order valence-corrected chi connectivity index (χ2v) is 2.94. The minimum Gasteiger partial charge on any atom is -0.160 e. The number of rotatable bonds is 3. The highest BCUT2D eigenvalue weighted by Crippen LogP contribution is 2.19. The van der Waals surface area contributed by atoms with Crippen molar-refractivity contribution < 1.29 is 3.89 Å². The summed E-state index contributed by atoms with van der Waals surface area (Å²) < 4.78 is 12.1. The van der Waals surface area contributed by atoms with Crippen molar-refractivity contribution in [1.82, 2.24) is 0 Å². The highest BCUT2D eigenvalue weighted by molar-refractivity contribution is 7.97. The third-order valence-electron chi connectivity index (χ3n) is 1.62. The first kappa shape index (κ1) is 10.1. The van der Waals surface area contributed by atoms with Crippen molar-refractivity contribution in [2.75, 3.05) is 0 Å². The molecule has 0 atom stereocenters. The van der Waals surface area contributed by atoms with Crippen LogP contribution >= 0.6 is 12.1 Å². The number of halogens is 1. The van der Waals surface area contributed by atoms with Crippen molar-refractivity contribution in [3.63, 3.8) is 0 Å². The minimum atomic E-state index is 0.231. The first-order valence-electron chi connectivity index (χ1n) is 4.04. The van der Waals surface area contributed by atoms with Crippen molar-refractivity contribution in [3.8, 4) is 0 Å². The predicted molar refractivity (Wildman–Crippen MR) is 57.9 cm³/mol. The number of hydrogen-bond acceptors (Lipinski definition) is 1. The molecule has 0 aliphatic carbocycles. The van der Waals surface area contributed by atoms with Gasteiger partial charge in [0.1, 0.15) is 0 Å². The van der Waals surface area contributed by atoms with E-state index in [1.165, 1.54) is 5.41 Å². The lowest BCUT2D eigenvalue weighted by atomic mass is 10.1. The van der Waals surface area contributed by atoms with Crippen molar-refractivity contribution in [2.45, 2.75) is 6.92 Å². The SMILES string of the molecule is C/C=C\C(=C/SF)c1ccccc1. The Morgan fingerprint density at radius 2 is 2.00 bits per heavy atom. The zero-order valence-electron chi connectivity index (χ0n) is 7.41. The minimum absolute atomic E-state index is 0.231. The van der Waals surface area contributed by atoms with Gasteiger partial charge in [0.05, 0.1) is 12.1 Å². The van der Waals surface area contributed by atoms with Gasteiger partial charge in [-0.05, 0) is 18.1 Å². The molecule has 0 saturated heterocycles. The van der Waals surface area contributed by atoms with E-state index in [1.54, 1.807) is 0 Å². The first-order chi connectivity index (χ1) is 6.38. The average Bonchev–Trinajstić information content (AvgIpc) is 2.19. The number of hydrogen-bond donors (Lipinski definition) is 0. The van der Waals surface area contributed by atoms with Gasteiger partial charge < -0.3 is 0 Å². The summed E-state index contributed by atoms with van der Waals surface area (Å²) in [6, 6.07) is 9.74. The molecule has 0 heterocycles. The van der Waals surface area contributed by atoms with Crippen LogP contribution in [0.25, 0.3) is 5.57 Å². The summed E-state index contributed by atoms with van der Waals surface area (Å²) in [7, 11) is 0. The van der Waals surface area contributed by atoms with Gasteiger partial charge in [0.25, 0.3) is 0 Å². The van der Waals surface area contributed by atoms with Crippen LogP contribution in [-0.2, 0) is 0 Å². The second-order valence-electron chi connectivity index (χ2n) is 2.53.